The van der Waals surface area contributed by atoms with Crippen LogP contribution in [0.2, 0.25) is 0 Å². The van der Waals surface area contributed by atoms with Crippen molar-refractivity contribution in [3.05, 3.63) is 71.3 Å². The van der Waals surface area contributed by atoms with Crippen LogP contribution in [-0.4, -0.2) is 30.7 Å². The molecule has 2 aromatic rings. The van der Waals surface area contributed by atoms with Gasteiger partial charge in [0.25, 0.3) is 5.91 Å². The lowest BCUT2D eigenvalue weighted by atomic mass is 9.96. The Morgan fingerprint density at radius 2 is 1.26 bits per heavy atom. The molecule has 0 atom stereocenters. The smallest absolute Gasteiger partial charge is 0.251 e. The van der Waals surface area contributed by atoms with E-state index < -0.39 is 5.41 Å². The maximum Gasteiger partial charge on any atom is 0.251 e. The molecule has 0 saturated carbocycles. The third-order valence-corrected chi connectivity index (χ3v) is 4.05. The monoisotopic (exact) mass is 366 g/mol. The summed E-state index contributed by atoms with van der Waals surface area (Å²) in [6.45, 7) is 6.55. The minimum atomic E-state index is -0.415. The summed E-state index contributed by atoms with van der Waals surface area (Å²) in [7, 11) is 0. The molecule has 0 aliphatic carbocycles. The molecule has 0 unspecified atom stereocenters. The van der Waals surface area contributed by atoms with Gasteiger partial charge in [0.1, 0.15) is 0 Å². The van der Waals surface area contributed by atoms with Crippen molar-refractivity contribution in [1.29, 1.82) is 0 Å². The van der Waals surface area contributed by atoms with Crippen molar-refractivity contribution >= 4 is 17.6 Å². The SMILES string of the molecule is CC(C)(C)C(=O)NCCCNC(=O)c1ccc(C(=O)c2ccccc2)cc1. The van der Waals surface area contributed by atoms with Crippen LogP contribution in [0.1, 0.15) is 53.5 Å². The molecule has 0 radical (unpaired) electrons. The summed E-state index contributed by atoms with van der Waals surface area (Å²) in [6.07, 6.45) is 0.651. The van der Waals surface area contributed by atoms with Crippen LogP contribution < -0.4 is 10.6 Å². The Bertz CT molecular complexity index is 791. The molecular formula is C22H26N2O3. The maximum atomic E-state index is 12.4. The Balaban J connectivity index is 1.80. The molecule has 0 heterocycles. The molecular weight excluding hydrogens is 340 g/mol. The summed E-state index contributed by atoms with van der Waals surface area (Å²) in [5.74, 6) is -0.277. The van der Waals surface area contributed by atoms with Gasteiger partial charge in [-0.3, -0.25) is 14.4 Å². The molecule has 5 heteroatoms. The Labute approximate surface area is 160 Å². The lowest BCUT2D eigenvalue weighted by Crippen LogP contribution is -2.36. The standard InChI is InChI=1S/C22H26N2O3/c1-22(2,3)21(27)24-15-7-14-23-20(26)18-12-10-17(11-13-18)19(25)16-8-5-4-6-9-16/h4-6,8-13H,7,14-15H2,1-3H3,(H,23,26)(H,24,27). The van der Waals surface area contributed by atoms with Crippen molar-refractivity contribution in [2.75, 3.05) is 13.1 Å². The number of hydrogen-bond acceptors (Lipinski definition) is 3. The van der Waals surface area contributed by atoms with Gasteiger partial charge in [0.15, 0.2) is 5.78 Å². The fraction of sp³-hybridized carbons (Fsp3) is 0.318. The predicted octanol–water partition coefficient (Wildman–Crippen LogP) is 3.20. The van der Waals surface area contributed by atoms with E-state index in [0.29, 0.717) is 36.2 Å². The van der Waals surface area contributed by atoms with Crippen LogP contribution in [0.5, 0.6) is 0 Å². The molecule has 0 spiro atoms. The number of carbonyl (C=O) groups excluding carboxylic acids is 3. The number of rotatable bonds is 7. The van der Waals surface area contributed by atoms with Gasteiger partial charge in [-0.05, 0) is 18.6 Å². The molecule has 2 aromatic carbocycles. The number of amides is 2. The van der Waals surface area contributed by atoms with E-state index in [2.05, 4.69) is 10.6 Å². The minimum Gasteiger partial charge on any atom is -0.356 e. The van der Waals surface area contributed by atoms with Gasteiger partial charge in [0.05, 0.1) is 0 Å². The molecule has 0 saturated heterocycles. The summed E-state index contributed by atoms with van der Waals surface area (Å²) in [5, 5.41) is 5.66. The van der Waals surface area contributed by atoms with Gasteiger partial charge < -0.3 is 10.6 Å². The molecule has 0 aliphatic rings. The third-order valence-electron chi connectivity index (χ3n) is 4.05. The van der Waals surface area contributed by atoms with Crippen LogP contribution in [-0.2, 0) is 4.79 Å². The number of carbonyl (C=O) groups is 3. The molecule has 0 bridgehead atoms. The molecule has 2 rings (SSSR count). The topological polar surface area (TPSA) is 75.3 Å². The van der Waals surface area contributed by atoms with Gasteiger partial charge in [-0.15, -0.1) is 0 Å². The first-order valence-corrected chi connectivity index (χ1v) is 9.05. The fourth-order valence-electron chi connectivity index (χ4n) is 2.39. The predicted molar refractivity (Wildman–Crippen MR) is 106 cm³/mol. The lowest BCUT2D eigenvalue weighted by Gasteiger charge is -2.17. The summed E-state index contributed by atoms with van der Waals surface area (Å²) in [4.78, 5) is 36.3. The molecule has 2 amide bonds. The lowest BCUT2D eigenvalue weighted by molar-refractivity contribution is -0.128. The van der Waals surface area contributed by atoms with Crippen molar-refractivity contribution in [2.45, 2.75) is 27.2 Å². The van der Waals surface area contributed by atoms with Gasteiger partial charge in [-0.2, -0.15) is 0 Å². The first-order valence-electron chi connectivity index (χ1n) is 9.05. The molecule has 5 nitrogen and oxygen atoms in total. The van der Waals surface area contributed by atoms with Gasteiger partial charge in [0, 0.05) is 35.2 Å². The van der Waals surface area contributed by atoms with Crippen LogP contribution in [0, 0.1) is 5.41 Å². The van der Waals surface area contributed by atoms with Gasteiger partial charge in [-0.1, -0.05) is 63.2 Å². The second kappa shape index (κ2) is 9.12. The first-order chi connectivity index (χ1) is 12.8. The molecule has 142 valence electrons. The van der Waals surface area contributed by atoms with E-state index in [-0.39, 0.29) is 17.6 Å². The Morgan fingerprint density at radius 1 is 0.741 bits per heavy atom. The van der Waals surface area contributed by atoms with E-state index in [9.17, 15) is 14.4 Å². The zero-order valence-corrected chi connectivity index (χ0v) is 16.0. The van der Waals surface area contributed by atoms with E-state index >= 15 is 0 Å². The number of hydrogen-bond donors (Lipinski definition) is 2. The maximum absolute atomic E-state index is 12.4. The quantitative estimate of drug-likeness (QED) is 0.584. The van der Waals surface area contributed by atoms with Gasteiger partial charge in [-0.25, -0.2) is 0 Å². The number of benzene rings is 2. The molecule has 0 aromatic heterocycles. The normalized spacial score (nSPS) is 10.9. The van der Waals surface area contributed by atoms with Crippen LogP contribution in [0.4, 0.5) is 0 Å². The zero-order chi connectivity index (χ0) is 19.9. The van der Waals surface area contributed by atoms with Gasteiger partial charge in [0.2, 0.25) is 5.91 Å². The number of nitrogens with one attached hydrogen (secondary N) is 2. The Hall–Kier alpha value is -2.95. The van der Waals surface area contributed by atoms with Crippen LogP contribution in [0.15, 0.2) is 54.6 Å². The highest BCUT2D eigenvalue weighted by Crippen LogP contribution is 2.12. The molecule has 0 fully saturated rings. The fourth-order valence-corrected chi connectivity index (χ4v) is 2.39. The Morgan fingerprint density at radius 3 is 1.85 bits per heavy atom. The average Bonchev–Trinajstić information content (AvgIpc) is 2.67. The highest BCUT2D eigenvalue weighted by Gasteiger charge is 2.20. The van der Waals surface area contributed by atoms with E-state index in [0.717, 1.165) is 0 Å². The van der Waals surface area contributed by atoms with E-state index in [1.807, 2.05) is 39.0 Å². The second-order valence-electron chi connectivity index (χ2n) is 7.39. The van der Waals surface area contributed by atoms with Crippen LogP contribution >= 0.6 is 0 Å². The highest BCUT2D eigenvalue weighted by molar-refractivity contribution is 6.09. The van der Waals surface area contributed by atoms with Crippen molar-refractivity contribution in [1.82, 2.24) is 10.6 Å². The van der Waals surface area contributed by atoms with Crippen molar-refractivity contribution in [2.24, 2.45) is 5.41 Å². The van der Waals surface area contributed by atoms with Crippen molar-refractivity contribution < 1.29 is 14.4 Å². The van der Waals surface area contributed by atoms with E-state index in [4.69, 9.17) is 0 Å². The highest BCUT2D eigenvalue weighted by atomic mass is 16.2. The number of ketones is 1. The summed E-state index contributed by atoms with van der Waals surface area (Å²) in [5.41, 5.74) is 1.25. The largest absolute Gasteiger partial charge is 0.356 e. The van der Waals surface area contributed by atoms with Crippen molar-refractivity contribution in [3.8, 4) is 0 Å². The van der Waals surface area contributed by atoms with E-state index in [1.165, 1.54) is 0 Å². The van der Waals surface area contributed by atoms with Gasteiger partial charge >= 0.3 is 0 Å². The summed E-state index contributed by atoms with van der Waals surface area (Å²) < 4.78 is 0. The van der Waals surface area contributed by atoms with Crippen LogP contribution in [0.25, 0.3) is 0 Å². The average molecular weight is 366 g/mol. The molecule has 2 N–H and O–H groups in total. The summed E-state index contributed by atoms with van der Waals surface area (Å²) in [6, 6.07) is 15.6. The zero-order valence-electron chi connectivity index (χ0n) is 16.0. The van der Waals surface area contributed by atoms with Crippen LogP contribution in [0.3, 0.4) is 0 Å². The Kier molecular flexibility index (Phi) is 6.88. The third kappa shape index (κ3) is 6.06. The second-order valence-corrected chi connectivity index (χ2v) is 7.39. The first kappa shape index (κ1) is 20.4. The van der Waals surface area contributed by atoms with Crippen molar-refractivity contribution in [3.63, 3.8) is 0 Å². The van der Waals surface area contributed by atoms with E-state index in [1.54, 1.807) is 36.4 Å². The molecule has 0 aliphatic heterocycles. The summed E-state index contributed by atoms with van der Waals surface area (Å²) >= 11 is 0. The minimum absolute atomic E-state index is 0.00695. The molecule has 27 heavy (non-hydrogen) atoms.